The van der Waals surface area contributed by atoms with E-state index in [4.69, 9.17) is 4.52 Å². The van der Waals surface area contributed by atoms with Gasteiger partial charge in [-0.1, -0.05) is 11.2 Å². The fourth-order valence-electron chi connectivity index (χ4n) is 3.43. The van der Waals surface area contributed by atoms with E-state index in [1.807, 2.05) is 29.2 Å². The van der Waals surface area contributed by atoms with Crippen LogP contribution >= 0.6 is 0 Å². The summed E-state index contributed by atoms with van der Waals surface area (Å²) in [7, 11) is 0. The molecule has 1 saturated heterocycles. The monoisotopic (exact) mass is 363 g/mol. The molecule has 1 atom stereocenters. The molecule has 3 aromatic heterocycles. The predicted octanol–water partition coefficient (Wildman–Crippen LogP) is 3.01. The highest BCUT2D eigenvalue weighted by atomic mass is 16.5. The van der Waals surface area contributed by atoms with Crippen LogP contribution in [0.15, 0.2) is 53.4 Å². The van der Waals surface area contributed by atoms with Crippen LogP contribution in [0.3, 0.4) is 0 Å². The number of aryl methyl sites for hydroxylation is 1. The second kappa shape index (κ2) is 8.07. The number of hydrogen-bond acceptors (Lipinski definition) is 6. The van der Waals surface area contributed by atoms with E-state index < -0.39 is 0 Å². The highest BCUT2D eigenvalue weighted by molar-refractivity contribution is 5.92. The third-order valence-electron chi connectivity index (χ3n) is 4.84. The van der Waals surface area contributed by atoms with E-state index in [1.165, 1.54) is 0 Å². The highest BCUT2D eigenvalue weighted by Gasteiger charge is 2.25. The largest absolute Gasteiger partial charge is 0.337 e. The van der Waals surface area contributed by atoms with Crippen LogP contribution in [0.5, 0.6) is 0 Å². The van der Waals surface area contributed by atoms with Crippen LogP contribution in [-0.4, -0.2) is 44.0 Å². The summed E-state index contributed by atoms with van der Waals surface area (Å²) in [6.45, 7) is 1.54. The smallest absolute Gasteiger partial charge is 0.272 e. The molecule has 1 amide bonds. The third-order valence-corrected chi connectivity index (χ3v) is 4.84. The Morgan fingerprint density at radius 3 is 3.00 bits per heavy atom. The first-order valence-corrected chi connectivity index (χ1v) is 9.23. The van der Waals surface area contributed by atoms with Crippen LogP contribution in [0.2, 0.25) is 0 Å². The molecule has 0 radical (unpaired) electrons. The molecule has 4 rings (SSSR count). The summed E-state index contributed by atoms with van der Waals surface area (Å²) in [6, 6.07) is 9.17. The Kier molecular flexibility index (Phi) is 5.18. The summed E-state index contributed by atoms with van der Waals surface area (Å²) in [5.74, 6) is 1.64. The first-order valence-electron chi connectivity index (χ1n) is 9.23. The average molecular weight is 363 g/mol. The Morgan fingerprint density at radius 2 is 2.19 bits per heavy atom. The summed E-state index contributed by atoms with van der Waals surface area (Å²) in [6.07, 6.45) is 8.86. The highest BCUT2D eigenvalue weighted by Crippen LogP contribution is 2.23. The van der Waals surface area contributed by atoms with E-state index >= 15 is 0 Å². The Balaban J connectivity index is 1.34. The van der Waals surface area contributed by atoms with Crippen molar-refractivity contribution in [1.29, 1.82) is 0 Å². The zero-order valence-corrected chi connectivity index (χ0v) is 15.0. The lowest BCUT2D eigenvalue weighted by Crippen LogP contribution is -2.40. The Morgan fingerprint density at radius 1 is 1.22 bits per heavy atom. The van der Waals surface area contributed by atoms with Crippen LogP contribution in [0, 0.1) is 5.92 Å². The molecular weight excluding hydrogens is 342 g/mol. The predicted molar refractivity (Wildman–Crippen MR) is 98.7 cm³/mol. The van der Waals surface area contributed by atoms with Gasteiger partial charge in [-0.05, 0) is 49.4 Å². The van der Waals surface area contributed by atoms with Gasteiger partial charge in [0, 0.05) is 38.1 Å². The number of hydrogen-bond donors (Lipinski definition) is 0. The maximum Gasteiger partial charge on any atom is 0.272 e. The number of pyridine rings is 2. The molecule has 1 aliphatic rings. The van der Waals surface area contributed by atoms with E-state index in [9.17, 15) is 4.79 Å². The molecule has 0 bridgehead atoms. The van der Waals surface area contributed by atoms with Gasteiger partial charge in [0.2, 0.25) is 0 Å². The Hall–Kier alpha value is -3.09. The topological polar surface area (TPSA) is 85.0 Å². The van der Waals surface area contributed by atoms with Crippen molar-refractivity contribution in [1.82, 2.24) is 25.0 Å². The number of rotatable bonds is 5. The number of likely N-dealkylation sites (tertiary alicyclic amines) is 1. The summed E-state index contributed by atoms with van der Waals surface area (Å²) in [5, 5.41) is 4.07. The maximum absolute atomic E-state index is 12.6. The van der Waals surface area contributed by atoms with Gasteiger partial charge in [-0.2, -0.15) is 4.98 Å². The zero-order chi connectivity index (χ0) is 18.5. The van der Waals surface area contributed by atoms with Gasteiger partial charge in [-0.25, -0.2) is 0 Å². The third kappa shape index (κ3) is 4.19. The average Bonchev–Trinajstić information content (AvgIpc) is 3.22. The van der Waals surface area contributed by atoms with Crippen molar-refractivity contribution < 1.29 is 9.32 Å². The quantitative estimate of drug-likeness (QED) is 0.693. The van der Waals surface area contributed by atoms with Crippen molar-refractivity contribution in [2.24, 2.45) is 5.92 Å². The second-order valence-corrected chi connectivity index (χ2v) is 6.77. The summed E-state index contributed by atoms with van der Waals surface area (Å²) in [4.78, 5) is 27.2. The van der Waals surface area contributed by atoms with E-state index in [2.05, 4.69) is 20.1 Å². The molecule has 7 heteroatoms. The fraction of sp³-hybridized carbons (Fsp3) is 0.350. The summed E-state index contributed by atoms with van der Waals surface area (Å²) >= 11 is 0. The van der Waals surface area contributed by atoms with E-state index in [0.717, 1.165) is 44.3 Å². The van der Waals surface area contributed by atoms with Crippen molar-refractivity contribution in [2.45, 2.75) is 25.7 Å². The molecule has 0 aliphatic carbocycles. The molecule has 0 aromatic carbocycles. The SMILES string of the molecule is O=C(c1ccccn1)N1CCCC(CCc2noc(-c3cccnc3)n2)C1. The molecular formula is C20H21N5O2. The van der Waals surface area contributed by atoms with Crippen LogP contribution < -0.4 is 0 Å². The number of piperidine rings is 1. The summed E-state index contributed by atoms with van der Waals surface area (Å²) in [5.41, 5.74) is 1.33. The zero-order valence-electron chi connectivity index (χ0n) is 15.0. The standard InChI is InChI=1S/C20H21N5O2/c26-20(17-7-1-2-11-22-17)25-12-4-5-15(14-25)8-9-18-23-19(27-24-18)16-6-3-10-21-13-16/h1-3,6-7,10-11,13,15H,4-5,8-9,12,14H2. The number of carbonyl (C=O) groups is 1. The Labute approximate surface area is 157 Å². The molecule has 3 aromatic rings. The van der Waals surface area contributed by atoms with E-state index in [-0.39, 0.29) is 5.91 Å². The van der Waals surface area contributed by atoms with Gasteiger partial charge in [0.1, 0.15) is 5.69 Å². The Bertz CT molecular complexity index is 882. The van der Waals surface area contributed by atoms with Gasteiger partial charge in [0.05, 0.1) is 5.56 Å². The molecule has 138 valence electrons. The second-order valence-electron chi connectivity index (χ2n) is 6.77. The first kappa shape index (κ1) is 17.3. The lowest BCUT2D eigenvalue weighted by atomic mass is 9.93. The van der Waals surface area contributed by atoms with Gasteiger partial charge in [-0.3, -0.25) is 14.8 Å². The number of carbonyl (C=O) groups excluding carboxylic acids is 1. The lowest BCUT2D eigenvalue weighted by Gasteiger charge is -2.32. The van der Waals surface area contributed by atoms with Gasteiger partial charge < -0.3 is 9.42 Å². The van der Waals surface area contributed by atoms with E-state index in [0.29, 0.717) is 23.3 Å². The van der Waals surface area contributed by atoms with Crippen molar-refractivity contribution in [3.05, 3.63) is 60.4 Å². The number of amides is 1. The normalized spacial score (nSPS) is 17.0. The molecule has 0 N–H and O–H groups in total. The minimum absolute atomic E-state index is 0.0127. The molecule has 7 nitrogen and oxygen atoms in total. The van der Waals surface area contributed by atoms with Crippen LogP contribution in [0.25, 0.3) is 11.5 Å². The molecule has 0 spiro atoms. The summed E-state index contributed by atoms with van der Waals surface area (Å²) < 4.78 is 5.33. The van der Waals surface area contributed by atoms with Gasteiger partial charge in [0.25, 0.3) is 11.8 Å². The van der Waals surface area contributed by atoms with Gasteiger partial charge in [0.15, 0.2) is 5.82 Å². The maximum atomic E-state index is 12.6. The fourth-order valence-corrected chi connectivity index (χ4v) is 3.43. The number of aromatic nitrogens is 4. The van der Waals surface area contributed by atoms with Crippen LogP contribution in [0.4, 0.5) is 0 Å². The molecule has 27 heavy (non-hydrogen) atoms. The molecule has 1 aliphatic heterocycles. The van der Waals surface area contributed by atoms with Gasteiger partial charge in [-0.15, -0.1) is 0 Å². The molecule has 1 unspecified atom stereocenters. The minimum atomic E-state index is 0.0127. The van der Waals surface area contributed by atoms with Crippen molar-refractivity contribution in [3.63, 3.8) is 0 Å². The van der Waals surface area contributed by atoms with Gasteiger partial charge >= 0.3 is 0 Å². The van der Waals surface area contributed by atoms with Crippen molar-refractivity contribution in [3.8, 4) is 11.5 Å². The van der Waals surface area contributed by atoms with Crippen LogP contribution in [-0.2, 0) is 6.42 Å². The minimum Gasteiger partial charge on any atom is -0.337 e. The molecule has 4 heterocycles. The van der Waals surface area contributed by atoms with Crippen molar-refractivity contribution >= 4 is 5.91 Å². The first-order chi connectivity index (χ1) is 13.3. The van der Waals surface area contributed by atoms with Crippen LogP contribution in [0.1, 0.15) is 35.6 Å². The van der Waals surface area contributed by atoms with E-state index in [1.54, 1.807) is 24.7 Å². The molecule has 0 saturated carbocycles. The lowest BCUT2D eigenvalue weighted by molar-refractivity contribution is 0.0662. The van der Waals surface area contributed by atoms with Crippen molar-refractivity contribution in [2.75, 3.05) is 13.1 Å². The number of nitrogens with zero attached hydrogens (tertiary/aromatic N) is 5. The molecule has 1 fully saturated rings.